The summed E-state index contributed by atoms with van der Waals surface area (Å²) in [5, 5.41) is 8.99. The summed E-state index contributed by atoms with van der Waals surface area (Å²) in [5.74, 6) is 1.08. The van der Waals surface area contributed by atoms with Gasteiger partial charge in [-0.2, -0.15) is 5.26 Å². The van der Waals surface area contributed by atoms with Crippen molar-refractivity contribution in [1.29, 1.82) is 5.26 Å². The molecule has 4 aromatic rings. The Labute approximate surface area is 306 Å². The average molecular weight is 735 g/mol. The fourth-order valence-corrected chi connectivity index (χ4v) is 8.28. The summed E-state index contributed by atoms with van der Waals surface area (Å²) in [6.45, 7) is 12.3. The van der Waals surface area contributed by atoms with E-state index in [9.17, 15) is 12.8 Å². The second kappa shape index (κ2) is 17.4. The summed E-state index contributed by atoms with van der Waals surface area (Å²) in [4.78, 5) is 15.7. The number of benzene rings is 3. The summed E-state index contributed by atoms with van der Waals surface area (Å²) in [6, 6.07) is 20.1. The van der Waals surface area contributed by atoms with Crippen LogP contribution in [0.25, 0.3) is 11.0 Å². The van der Waals surface area contributed by atoms with E-state index in [-0.39, 0.29) is 24.3 Å². The van der Waals surface area contributed by atoms with Crippen LogP contribution in [-0.4, -0.2) is 65.3 Å². The molecule has 1 amide bonds. The number of nitriles is 1. The summed E-state index contributed by atoms with van der Waals surface area (Å²) >= 11 is 0. The van der Waals surface area contributed by atoms with E-state index in [1.807, 2.05) is 77.1 Å². The number of fused-ring (bicyclic) bond motifs is 1. The van der Waals surface area contributed by atoms with Crippen LogP contribution < -0.4 is 16.2 Å². The van der Waals surface area contributed by atoms with E-state index in [0.717, 1.165) is 37.1 Å². The molecule has 0 bridgehead atoms. The molecule has 0 spiro atoms. The topological polar surface area (TPSA) is 167 Å². The number of piperidine rings is 1. The zero-order chi connectivity index (χ0) is 38.1. The second-order valence-electron chi connectivity index (χ2n) is 14.4. The lowest BCUT2D eigenvalue weighted by molar-refractivity contribution is -0.116. The number of amides is 1. The van der Waals surface area contributed by atoms with Gasteiger partial charge in [-0.3, -0.25) is 9.69 Å². The van der Waals surface area contributed by atoms with Gasteiger partial charge < -0.3 is 20.9 Å². The SMILES string of the molecule is CCCS(=O)(=O)n1c(CN2CCC(c3cccc(OCc4ccc(C#N)cc4F)c3)CC2)nc2ccc(CC(C)(C)OC(C)(C)CN)cc21.NC=O. The van der Waals surface area contributed by atoms with Crippen LogP contribution in [0.1, 0.15) is 87.9 Å². The van der Waals surface area contributed by atoms with Gasteiger partial charge >= 0.3 is 0 Å². The first-order valence-electron chi connectivity index (χ1n) is 17.6. The Morgan fingerprint density at radius 2 is 1.77 bits per heavy atom. The lowest BCUT2D eigenvalue weighted by Gasteiger charge is -2.35. The summed E-state index contributed by atoms with van der Waals surface area (Å²) in [7, 11) is -3.63. The van der Waals surface area contributed by atoms with Crippen LogP contribution in [0.5, 0.6) is 5.75 Å². The van der Waals surface area contributed by atoms with E-state index >= 15 is 0 Å². The number of carbonyl (C=O) groups is 1. The van der Waals surface area contributed by atoms with E-state index in [1.165, 1.54) is 10.0 Å². The number of likely N-dealkylation sites (tertiary alicyclic amines) is 1. The van der Waals surface area contributed by atoms with Gasteiger partial charge in [-0.1, -0.05) is 31.2 Å². The number of hydrogen-bond acceptors (Lipinski definition) is 9. The van der Waals surface area contributed by atoms with E-state index in [2.05, 4.69) is 16.7 Å². The molecule has 1 fully saturated rings. The van der Waals surface area contributed by atoms with Crippen LogP contribution in [0.15, 0.2) is 60.7 Å². The lowest BCUT2D eigenvalue weighted by Crippen LogP contribution is -2.43. The molecule has 3 aromatic carbocycles. The van der Waals surface area contributed by atoms with Gasteiger partial charge in [0.1, 0.15) is 24.0 Å². The molecule has 4 N–H and O–H groups in total. The molecule has 0 atom stereocenters. The van der Waals surface area contributed by atoms with Crippen molar-refractivity contribution in [3.8, 4) is 11.8 Å². The van der Waals surface area contributed by atoms with Crippen molar-refractivity contribution < 1.29 is 27.1 Å². The molecule has 5 rings (SSSR count). The third kappa shape index (κ3) is 10.6. The summed E-state index contributed by atoms with van der Waals surface area (Å²) < 4.78 is 55.4. The number of nitrogens with two attached hydrogens (primary N) is 2. The minimum Gasteiger partial charge on any atom is -0.489 e. The molecule has 13 heteroatoms. The Morgan fingerprint density at radius 3 is 2.40 bits per heavy atom. The molecule has 280 valence electrons. The maximum Gasteiger partial charge on any atom is 0.240 e. The second-order valence-corrected chi connectivity index (χ2v) is 16.3. The fraction of sp³-hybridized carbons (Fsp3) is 0.462. The molecule has 1 aliphatic heterocycles. The Balaban J connectivity index is 0.00000195. The van der Waals surface area contributed by atoms with Gasteiger partial charge in [0, 0.05) is 18.5 Å². The molecule has 1 aromatic heterocycles. The third-order valence-corrected chi connectivity index (χ3v) is 10.9. The van der Waals surface area contributed by atoms with Crippen LogP contribution >= 0.6 is 0 Å². The molecule has 0 radical (unpaired) electrons. The number of aromatic nitrogens is 2. The molecular weight excluding hydrogens is 684 g/mol. The number of rotatable bonds is 14. The number of carbonyl (C=O) groups excluding carboxylic acids is 1. The van der Waals surface area contributed by atoms with Crippen LogP contribution in [0.2, 0.25) is 0 Å². The fourth-order valence-electron chi connectivity index (χ4n) is 6.71. The quantitative estimate of drug-likeness (QED) is 0.153. The smallest absolute Gasteiger partial charge is 0.240 e. The van der Waals surface area contributed by atoms with E-state index in [0.29, 0.717) is 60.0 Å². The zero-order valence-electron chi connectivity index (χ0n) is 30.8. The van der Waals surface area contributed by atoms with Gasteiger partial charge in [-0.15, -0.1) is 0 Å². The van der Waals surface area contributed by atoms with Crippen LogP contribution in [-0.2, 0) is 39.1 Å². The zero-order valence-corrected chi connectivity index (χ0v) is 31.6. The van der Waals surface area contributed by atoms with Crippen molar-refractivity contribution in [1.82, 2.24) is 13.9 Å². The van der Waals surface area contributed by atoms with Crippen LogP contribution in [0, 0.1) is 17.1 Å². The summed E-state index contributed by atoms with van der Waals surface area (Å²) in [5.41, 5.74) is 13.1. The van der Waals surface area contributed by atoms with Crippen molar-refractivity contribution in [2.75, 3.05) is 25.4 Å². The molecule has 11 nitrogen and oxygen atoms in total. The van der Waals surface area contributed by atoms with Crippen LogP contribution in [0.3, 0.4) is 0 Å². The number of ether oxygens (including phenoxy) is 2. The van der Waals surface area contributed by atoms with Gasteiger partial charge in [-0.05, 0) is 113 Å². The highest BCUT2D eigenvalue weighted by Gasteiger charge is 2.30. The first-order chi connectivity index (χ1) is 24.6. The minimum atomic E-state index is -3.63. The highest BCUT2D eigenvalue weighted by Crippen LogP contribution is 2.32. The largest absolute Gasteiger partial charge is 0.489 e. The van der Waals surface area contributed by atoms with Crippen molar-refractivity contribution in [3.63, 3.8) is 0 Å². The Morgan fingerprint density at radius 1 is 1.06 bits per heavy atom. The van der Waals surface area contributed by atoms with Gasteiger partial charge in [0.25, 0.3) is 0 Å². The predicted molar refractivity (Wildman–Crippen MR) is 201 cm³/mol. The van der Waals surface area contributed by atoms with Crippen LogP contribution in [0.4, 0.5) is 4.39 Å². The van der Waals surface area contributed by atoms with E-state index in [1.54, 1.807) is 12.1 Å². The van der Waals surface area contributed by atoms with Gasteiger partial charge in [0.15, 0.2) is 0 Å². The van der Waals surface area contributed by atoms with Crippen molar-refractivity contribution >= 4 is 27.5 Å². The molecule has 0 unspecified atom stereocenters. The number of halogens is 1. The highest BCUT2D eigenvalue weighted by molar-refractivity contribution is 7.90. The van der Waals surface area contributed by atoms with Crippen molar-refractivity contribution in [2.45, 2.75) is 90.6 Å². The van der Waals surface area contributed by atoms with Gasteiger partial charge in [-0.25, -0.2) is 21.8 Å². The Kier molecular flexibility index (Phi) is 13.6. The average Bonchev–Trinajstić information content (AvgIpc) is 3.45. The lowest BCUT2D eigenvalue weighted by atomic mass is 9.89. The van der Waals surface area contributed by atoms with Crippen molar-refractivity contribution in [2.24, 2.45) is 11.5 Å². The number of nitrogens with zero attached hydrogens (tertiary/aromatic N) is 4. The molecule has 0 saturated carbocycles. The monoisotopic (exact) mass is 734 g/mol. The summed E-state index contributed by atoms with van der Waals surface area (Å²) in [6.07, 6.45) is 3.14. The molecule has 0 aliphatic carbocycles. The maximum atomic E-state index is 14.3. The minimum absolute atomic E-state index is 0.0350. The maximum absolute atomic E-state index is 14.3. The van der Waals surface area contributed by atoms with Crippen molar-refractivity contribution in [3.05, 3.63) is 94.6 Å². The first-order valence-corrected chi connectivity index (χ1v) is 19.2. The molecular formula is C39H51FN6O5S. The van der Waals surface area contributed by atoms with E-state index in [4.69, 9.17) is 30.2 Å². The normalized spacial score (nSPS) is 14.4. The Bertz CT molecular complexity index is 1980. The Hall–Kier alpha value is -4.35. The number of hydrogen-bond donors (Lipinski definition) is 2. The van der Waals surface area contributed by atoms with Gasteiger partial charge in [0.05, 0.1) is 46.2 Å². The molecule has 1 aliphatic rings. The van der Waals surface area contributed by atoms with Gasteiger partial charge in [0.2, 0.25) is 16.4 Å². The standard InChI is InChI=1S/C38H48FN5O4S.CH3NO/c1-6-18-49(45,46)44-35-20-27(22-37(2,3)48-38(4,5)26-41)11-13-34(35)42-36(44)24-43-16-14-29(15-17-43)30-8-7-9-32(21-30)47-25-31-12-10-28(23-40)19-33(31)39;2-1-3/h7-13,19-21,29H,6,14-18,22,24-26,41H2,1-5H3;1H,(H2,2,3). The first kappa shape index (κ1) is 40.4. The predicted octanol–water partition coefficient (Wildman–Crippen LogP) is 5.77. The highest BCUT2D eigenvalue weighted by atomic mass is 32.2. The van der Waals surface area contributed by atoms with E-state index < -0.39 is 27.0 Å². The number of primary amides is 1. The molecule has 1 saturated heterocycles. The molecule has 52 heavy (non-hydrogen) atoms. The number of imidazole rings is 1. The molecule has 2 heterocycles. The third-order valence-electron chi connectivity index (χ3n) is 9.02.